The van der Waals surface area contributed by atoms with Gasteiger partial charge in [0.05, 0.1) is 23.1 Å². The standard InChI is InChI=1S/C14H12Cl2O2/c1-8(15)13(17)12-10-6-4-3-5-9(10)7-11(16)14(12)18-2/h3-8H,1-2H3. The van der Waals surface area contributed by atoms with Crippen molar-refractivity contribution in [3.8, 4) is 5.75 Å². The van der Waals surface area contributed by atoms with Crippen molar-refractivity contribution < 1.29 is 9.53 Å². The van der Waals surface area contributed by atoms with Crippen LogP contribution in [-0.2, 0) is 0 Å². The Morgan fingerprint density at radius 1 is 1.33 bits per heavy atom. The molecule has 4 heteroatoms. The summed E-state index contributed by atoms with van der Waals surface area (Å²) in [7, 11) is 1.49. The van der Waals surface area contributed by atoms with E-state index in [9.17, 15) is 4.79 Å². The van der Waals surface area contributed by atoms with E-state index in [0.29, 0.717) is 16.3 Å². The van der Waals surface area contributed by atoms with Gasteiger partial charge in [-0.15, -0.1) is 11.6 Å². The van der Waals surface area contributed by atoms with E-state index in [1.165, 1.54) is 7.11 Å². The number of alkyl halides is 1. The van der Waals surface area contributed by atoms with E-state index in [1.807, 2.05) is 24.3 Å². The molecule has 2 rings (SSSR count). The second kappa shape index (κ2) is 5.17. The highest BCUT2D eigenvalue weighted by Gasteiger charge is 2.22. The van der Waals surface area contributed by atoms with Crippen LogP contribution in [0.2, 0.25) is 5.02 Å². The summed E-state index contributed by atoms with van der Waals surface area (Å²) in [4.78, 5) is 12.2. The summed E-state index contributed by atoms with van der Waals surface area (Å²) in [5.74, 6) is 0.195. The van der Waals surface area contributed by atoms with Crippen molar-refractivity contribution in [2.24, 2.45) is 0 Å². The van der Waals surface area contributed by atoms with Gasteiger partial charge in [-0.2, -0.15) is 0 Å². The summed E-state index contributed by atoms with van der Waals surface area (Å²) in [6.07, 6.45) is 0. The van der Waals surface area contributed by atoms with Gasteiger partial charge < -0.3 is 4.74 Å². The normalized spacial score (nSPS) is 12.4. The fourth-order valence-electron chi connectivity index (χ4n) is 1.94. The van der Waals surface area contributed by atoms with Crippen molar-refractivity contribution in [2.45, 2.75) is 12.3 Å². The zero-order chi connectivity index (χ0) is 13.3. The lowest BCUT2D eigenvalue weighted by molar-refractivity contribution is 0.0990. The number of carbonyl (C=O) groups is 1. The molecular weight excluding hydrogens is 271 g/mol. The molecule has 1 atom stereocenters. The maximum Gasteiger partial charge on any atom is 0.184 e. The molecular formula is C14H12Cl2O2. The molecule has 0 radical (unpaired) electrons. The SMILES string of the molecule is COc1c(Cl)cc2ccccc2c1C(=O)C(C)Cl. The van der Waals surface area contributed by atoms with Crippen LogP contribution < -0.4 is 4.74 Å². The van der Waals surface area contributed by atoms with Crippen molar-refractivity contribution in [3.05, 3.63) is 40.9 Å². The van der Waals surface area contributed by atoms with Crippen LogP contribution >= 0.6 is 23.2 Å². The number of methoxy groups -OCH3 is 1. The first-order chi connectivity index (χ1) is 8.56. The Kier molecular flexibility index (Phi) is 3.79. The summed E-state index contributed by atoms with van der Waals surface area (Å²) in [6, 6.07) is 9.30. The molecule has 0 bridgehead atoms. The number of fused-ring (bicyclic) bond motifs is 1. The highest BCUT2D eigenvalue weighted by atomic mass is 35.5. The maximum absolute atomic E-state index is 12.2. The lowest BCUT2D eigenvalue weighted by Gasteiger charge is -2.14. The number of hydrogen-bond acceptors (Lipinski definition) is 2. The van der Waals surface area contributed by atoms with Crippen LogP contribution in [0.15, 0.2) is 30.3 Å². The highest BCUT2D eigenvalue weighted by Crippen LogP contribution is 2.36. The molecule has 94 valence electrons. The van der Waals surface area contributed by atoms with Crippen molar-refractivity contribution >= 4 is 39.8 Å². The Labute approximate surface area is 115 Å². The van der Waals surface area contributed by atoms with Crippen molar-refractivity contribution in [1.82, 2.24) is 0 Å². The van der Waals surface area contributed by atoms with Crippen molar-refractivity contribution in [3.63, 3.8) is 0 Å². The molecule has 0 spiro atoms. The van der Waals surface area contributed by atoms with Gasteiger partial charge in [0.2, 0.25) is 0 Å². The van der Waals surface area contributed by atoms with E-state index in [4.69, 9.17) is 27.9 Å². The second-order valence-electron chi connectivity index (χ2n) is 3.97. The predicted molar refractivity (Wildman–Crippen MR) is 75.2 cm³/mol. The quantitative estimate of drug-likeness (QED) is 0.619. The Hall–Kier alpha value is -1.25. The van der Waals surface area contributed by atoms with Gasteiger partial charge in [0.25, 0.3) is 0 Å². The molecule has 0 N–H and O–H groups in total. The van der Waals surface area contributed by atoms with Crippen LogP contribution in [0.3, 0.4) is 0 Å². The molecule has 0 aliphatic heterocycles. The fourth-order valence-corrected chi connectivity index (χ4v) is 2.34. The molecule has 0 aliphatic carbocycles. The molecule has 0 heterocycles. The zero-order valence-corrected chi connectivity index (χ0v) is 11.5. The van der Waals surface area contributed by atoms with Gasteiger partial charge in [-0.05, 0) is 23.8 Å². The number of rotatable bonds is 3. The summed E-state index contributed by atoms with van der Waals surface area (Å²) in [5.41, 5.74) is 0.447. The second-order valence-corrected chi connectivity index (χ2v) is 5.03. The van der Waals surface area contributed by atoms with E-state index in [0.717, 1.165) is 10.8 Å². The maximum atomic E-state index is 12.2. The van der Waals surface area contributed by atoms with Gasteiger partial charge in [-0.1, -0.05) is 35.9 Å². The van der Waals surface area contributed by atoms with Crippen LogP contribution in [0.25, 0.3) is 10.8 Å². The summed E-state index contributed by atoms with van der Waals surface area (Å²) in [6.45, 7) is 1.64. The predicted octanol–water partition coefficient (Wildman–Crippen LogP) is 4.31. The number of hydrogen-bond donors (Lipinski definition) is 0. The first-order valence-corrected chi connectivity index (χ1v) is 6.31. The Morgan fingerprint density at radius 2 is 2.00 bits per heavy atom. The Bertz CT molecular complexity index is 606. The van der Waals surface area contributed by atoms with Crippen LogP contribution in [0, 0.1) is 0 Å². The first-order valence-electron chi connectivity index (χ1n) is 5.49. The Morgan fingerprint density at radius 3 is 2.61 bits per heavy atom. The molecule has 2 aromatic rings. The highest BCUT2D eigenvalue weighted by molar-refractivity contribution is 6.38. The van der Waals surface area contributed by atoms with Gasteiger partial charge >= 0.3 is 0 Å². The molecule has 0 amide bonds. The van der Waals surface area contributed by atoms with Crippen molar-refractivity contribution in [1.29, 1.82) is 0 Å². The average Bonchev–Trinajstić information content (AvgIpc) is 2.36. The smallest absolute Gasteiger partial charge is 0.184 e. The number of benzene rings is 2. The molecule has 2 nitrogen and oxygen atoms in total. The number of ether oxygens (including phenoxy) is 1. The lowest BCUT2D eigenvalue weighted by Crippen LogP contribution is -2.12. The third kappa shape index (κ3) is 2.18. The number of halogens is 2. The van der Waals surface area contributed by atoms with E-state index in [1.54, 1.807) is 13.0 Å². The molecule has 2 aromatic carbocycles. The van der Waals surface area contributed by atoms with Crippen LogP contribution in [0.5, 0.6) is 5.75 Å². The van der Waals surface area contributed by atoms with E-state index in [2.05, 4.69) is 0 Å². The molecule has 18 heavy (non-hydrogen) atoms. The largest absolute Gasteiger partial charge is 0.494 e. The average molecular weight is 283 g/mol. The fraction of sp³-hybridized carbons (Fsp3) is 0.214. The van der Waals surface area contributed by atoms with Crippen LogP contribution in [0.4, 0.5) is 0 Å². The Balaban J connectivity index is 2.85. The van der Waals surface area contributed by atoms with Crippen LogP contribution in [0.1, 0.15) is 17.3 Å². The summed E-state index contributed by atoms with van der Waals surface area (Å²) < 4.78 is 5.24. The molecule has 1 unspecified atom stereocenters. The zero-order valence-electron chi connectivity index (χ0n) is 10.0. The number of ketones is 1. The first kappa shape index (κ1) is 13.2. The van der Waals surface area contributed by atoms with E-state index >= 15 is 0 Å². The van der Waals surface area contributed by atoms with Gasteiger partial charge in [-0.3, -0.25) is 4.79 Å². The van der Waals surface area contributed by atoms with Gasteiger partial charge in [0.1, 0.15) is 5.75 Å². The molecule has 0 aliphatic rings. The van der Waals surface area contributed by atoms with E-state index < -0.39 is 5.38 Å². The molecule has 0 fully saturated rings. The molecule has 0 aromatic heterocycles. The van der Waals surface area contributed by atoms with Gasteiger partial charge in [0.15, 0.2) is 5.78 Å². The molecule has 0 saturated carbocycles. The summed E-state index contributed by atoms with van der Waals surface area (Å²) >= 11 is 12.0. The number of carbonyl (C=O) groups excluding carboxylic acids is 1. The minimum Gasteiger partial charge on any atom is -0.494 e. The third-order valence-electron chi connectivity index (χ3n) is 2.77. The minimum atomic E-state index is -0.624. The third-order valence-corrected chi connectivity index (χ3v) is 3.25. The lowest BCUT2D eigenvalue weighted by atomic mass is 9.99. The molecule has 0 saturated heterocycles. The summed E-state index contributed by atoms with van der Waals surface area (Å²) in [5, 5.41) is 1.48. The number of Topliss-reactive ketones (excluding diaryl/α,β-unsaturated/α-hetero) is 1. The monoisotopic (exact) mass is 282 g/mol. The topological polar surface area (TPSA) is 26.3 Å². The van der Waals surface area contributed by atoms with E-state index in [-0.39, 0.29) is 5.78 Å². The van der Waals surface area contributed by atoms with Crippen LogP contribution in [-0.4, -0.2) is 18.3 Å². The van der Waals surface area contributed by atoms with Crippen molar-refractivity contribution in [2.75, 3.05) is 7.11 Å². The van der Waals surface area contributed by atoms with Gasteiger partial charge in [0, 0.05) is 0 Å². The minimum absolute atomic E-state index is 0.188. The van der Waals surface area contributed by atoms with Gasteiger partial charge in [-0.25, -0.2) is 0 Å².